The third kappa shape index (κ3) is 6.48. The van der Waals surface area contributed by atoms with Gasteiger partial charge in [-0.3, -0.25) is 0 Å². The monoisotopic (exact) mass is 238 g/mol. The Morgan fingerprint density at radius 3 is 1.88 bits per heavy atom. The summed E-state index contributed by atoms with van der Waals surface area (Å²) in [5.74, 6) is 2.19. The largest absolute Gasteiger partial charge is 0.0654 e. The zero-order valence-electron chi connectivity index (χ0n) is 12.3. The molecule has 0 spiro atoms. The number of unbranched alkanes of at least 4 members (excludes halogenated alkanes) is 7. The van der Waals surface area contributed by atoms with Crippen LogP contribution in [0.2, 0.25) is 0 Å². The highest BCUT2D eigenvalue weighted by atomic mass is 14.3. The summed E-state index contributed by atoms with van der Waals surface area (Å²) in [6, 6.07) is 0. The molecule has 1 unspecified atom stereocenters. The molecule has 1 fully saturated rings. The average Bonchev–Trinajstić information content (AvgIpc) is 2.28. The van der Waals surface area contributed by atoms with Gasteiger partial charge >= 0.3 is 0 Å². The summed E-state index contributed by atoms with van der Waals surface area (Å²) < 4.78 is 0. The Bertz CT molecular complexity index is 157. The van der Waals surface area contributed by atoms with Gasteiger partial charge in [-0.05, 0) is 11.8 Å². The molecule has 0 aromatic heterocycles. The zero-order chi connectivity index (χ0) is 12.3. The van der Waals surface area contributed by atoms with Gasteiger partial charge in [-0.2, -0.15) is 0 Å². The van der Waals surface area contributed by atoms with E-state index in [1.165, 1.54) is 83.5 Å². The third-order valence-electron chi connectivity index (χ3n) is 4.77. The molecule has 0 nitrogen and oxygen atoms in total. The summed E-state index contributed by atoms with van der Waals surface area (Å²) in [5, 5.41) is 0. The molecule has 1 atom stereocenters. The van der Waals surface area contributed by atoms with Crippen molar-refractivity contribution >= 4 is 0 Å². The van der Waals surface area contributed by atoms with E-state index in [0.717, 1.165) is 11.8 Å². The van der Waals surface area contributed by atoms with E-state index in [2.05, 4.69) is 13.8 Å². The molecule has 0 bridgehead atoms. The van der Waals surface area contributed by atoms with Gasteiger partial charge in [0.15, 0.2) is 0 Å². The number of rotatable bonds is 11. The maximum absolute atomic E-state index is 2.40. The number of hydrogen-bond donors (Lipinski definition) is 0. The first-order valence-electron chi connectivity index (χ1n) is 8.38. The molecule has 1 aliphatic rings. The van der Waals surface area contributed by atoms with E-state index >= 15 is 0 Å². The van der Waals surface area contributed by atoms with Crippen LogP contribution in [0.15, 0.2) is 0 Å². The molecule has 0 saturated heterocycles. The Morgan fingerprint density at radius 1 is 0.824 bits per heavy atom. The van der Waals surface area contributed by atoms with Crippen LogP contribution in [0, 0.1) is 11.8 Å². The second kappa shape index (κ2) is 9.97. The van der Waals surface area contributed by atoms with Crippen LogP contribution >= 0.6 is 0 Å². The molecule has 17 heavy (non-hydrogen) atoms. The Morgan fingerprint density at radius 2 is 1.41 bits per heavy atom. The Hall–Kier alpha value is 0. The van der Waals surface area contributed by atoms with Crippen molar-refractivity contribution < 1.29 is 0 Å². The molecular weight excluding hydrogens is 204 g/mol. The predicted molar refractivity (Wildman–Crippen MR) is 78.3 cm³/mol. The fourth-order valence-electron chi connectivity index (χ4n) is 3.22. The second-order valence-electron chi connectivity index (χ2n) is 6.12. The van der Waals surface area contributed by atoms with E-state index in [1.807, 2.05) is 0 Å². The van der Waals surface area contributed by atoms with Crippen molar-refractivity contribution in [3.8, 4) is 0 Å². The maximum atomic E-state index is 2.40. The summed E-state index contributed by atoms with van der Waals surface area (Å²) in [6.45, 7) is 4.69. The van der Waals surface area contributed by atoms with Crippen LogP contribution in [0.1, 0.15) is 97.3 Å². The van der Waals surface area contributed by atoms with Crippen molar-refractivity contribution in [2.45, 2.75) is 97.3 Å². The summed E-state index contributed by atoms with van der Waals surface area (Å²) in [6.07, 6.45) is 19.3. The van der Waals surface area contributed by atoms with Crippen molar-refractivity contribution in [3.63, 3.8) is 0 Å². The smallest absolute Gasteiger partial charge is 0.0386 e. The summed E-state index contributed by atoms with van der Waals surface area (Å²) >= 11 is 0. The van der Waals surface area contributed by atoms with Crippen LogP contribution in [0.4, 0.5) is 0 Å². The molecular formula is C17H34. The Labute approximate surface area is 110 Å². The SMILES string of the molecule is CCCCCCCCCCC(CC)C1CCC1. The van der Waals surface area contributed by atoms with E-state index in [1.54, 1.807) is 0 Å². The lowest BCUT2D eigenvalue weighted by Gasteiger charge is -2.33. The lowest BCUT2D eigenvalue weighted by molar-refractivity contribution is 0.186. The van der Waals surface area contributed by atoms with Crippen LogP contribution in [-0.2, 0) is 0 Å². The lowest BCUT2D eigenvalue weighted by atomic mass is 9.73. The summed E-state index contributed by atoms with van der Waals surface area (Å²) in [5.41, 5.74) is 0. The Kier molecular flexibility index (Phi) is 8.83. The van der Waals surface area contributed by atoms with Crippen molar-refractivity contribution in [1.82, 2.24) is 0 Å². The van der Waals surface area contributed by atoms with E-state index in [0.29, 0.717) is 0 Å². The zero-order valence-corrected chi connectivity index (χ0v) is 12.3. The minimum absolute atomic E-state index is 1.07. The molecule has 1 rings (SSSR count). The first-order valence-corrected chi connectivity index (χ1v) is 8.38. The standard InChI is InChI=1S/C17H34/c1-3-5-6-7-8-9-10-11-13-16(4-2)17-14-12-15-17/h16-17H,3-15H2,1-2H3. The van der Waals surface area contributed by atoms with E-state index < -0.39 is 0 Å². The van der Waals surface area contributed by atoms with E-state index in [-0.39, 0.29) is 0 Å². The molecule has 0 aromatic rings. The molecule has 0 amide bonds. The first kappa shape index (κ1) is 15.1. The minimum Gasteiger partial charge on any atom is -0.0654 e. The van der Waals surface area contributed by atoms with Crippen molar-refractivity contribution in [3.05, 3.63) is 0 Å². The highest BCUT2D eigenvalue weighted by Gasteiger charge is 2.25. The van der Waals surface area contributed by atoms with E-state index in [4.69, 9.17) is 0 Å². The van der Waals surface area contributed by atoms with Gasteiger partial charge in [0.2, 0.25) is 0 Å². The van der Waals surface area contributed by atoms with Crippen LogP contribution in [0.25, 0.3) is 0 Å². The van der Waals surface area contributed by atoms with Crippen molar-refractivity contribution in [2.24, 2.45) is 11.8 Å². The van der Waals surface area contributed by atoms with Crippen LogP contribution in [0.3, 0.4) is 0 Å². The van der Waals surface area contributed by atoms with Gasteiger partial charge in [0.1, 0.15) is 0 Å². The maximum Gasteiger partial charge on any atom is -0.0386 e. The minimum atomic E-state index is 1.07. The van der Waals surface area contributed by atoms with Crippen LogP contribution < -0.4 is 0 Å². The molecule has 0 aliphatic heterocycles. The fraction of sp³-hybridized carbons (Fsp3) is 1.00. The summed E-state index contributed by atoms with van der Waals surface area (Å²) in [4.78, 5) is 0. The van der Waals surface area contributed by atoms with Crippen molar-refractivity contribution in [2.75, 3.05) is 0 Å². The lowest BCUT2D eigenvalue weighted by Crippen LogP contribution is -2.21. The topological polar surface area (TPSA) is 0 Å². The van der Waals surface area contributed by atoms with Crippen LogP contribution in [0.5, 0.6) is 0 Å². The van der Waals surface area contributed by atoms with Gasteiger partial charge in [0, 0.05) is 0 Å². The van der Waals surface area contributed by atoms with Gasteiger partial charge in [0.05, 0.1) is 0 Å². The normalized spacial score (nSPS) is 18.0. The van der Waals surface area contributed by atoms with Gasteiger partial charge in [-0.1, -0.05) is 97.3 Å². The second-order valence-corrected chi connectivity index (χ2v) is 6.12. The van der Waals surface area contributed by atoms with Gasteiger partial charge in [-0.15, -0.1) is 0 Å². The summed E-state index contributed by atoms with van der Waals surface area (Å²) in [7, 11) is 0. The average molecular weight is 238 g/mol. The predicted octanol–water partition coefficient (Wildman–Crippen LogP) is 6.34. The highest BCUT2D eigenvalue weighted by Crippen LogP contribution is 2.37. The molecule has 0 N–H and O–H groups in total. The first-order chi connectivity index (χ1) is 8.38. The van der Waals surface area contributed by atoms with Gasteiger partial charge in [-0.25, -0.2) is 0 Å². The van der Waals surface area contributed by atoms with Crippen molar-refractivity contribution in [1.29, 1.82) is 0 Å². The number of hydrogen-bond acceptors (Lipinski definition) is 0. The molecule has 0 radical (unpaired) electrons. The van der Waals surface area contributed by atoms with Gasteiger partial charge in [0.25, 0.3) is 0 Å². The van der Waals surface area contributed by atoms with Crippen LogP contribution in [-0.4, -0.2) is 0 Å². The van der Waals surface area contributed by atoms with Gasteiger partial charge < -0.3 is 0 Å². The molecule has 0 heterocycles. The third-order valence-corrected chi connectivity index (χ3v) is 4.77. The highest BCUT2D eigenvalue weighted by molar-refractivity contribution is 4.76. The molecule has 0 aromatic carbocycles. The molecule has 1 saturated carbocycles. The molecule has 102 valence electrons. The quantitative estimate of drug-likeness (QED) is 0.368. The van der Waals surface area contributed by atoms with E-state index in [9.17, 15) is 0 Å². The Balaban J connectivity index is 1.85. The molecule has 1 aliphatic carbocycles. The fourth-order valence-corrected chi connectivity index (χ4v) is 3.22. The molecule has 0 heteroatoms.